The van der Waals surface area contributed by atoms with E-state index < -0.39 is 18.5 Å². The molecule has 1 heterocycles. The monoisotopic (exact) mass is 462 g/mol. The number of amides is 3. The molecule has 0 radical (unpaired) electrons. The van der Waals surface area contributed by atoms with Gasteiger partial charge in [-0.2, -0.15) is 0 Å². The van der Waals surface area contributed by atoms with Crippen LogP contribution < -0.4 is 15.0 Å². The van der Waals surface area contributed by atoms with Crippen LogP contribution in [0.1, 0.15) is 36.5 Å². The fourth-order valence-corrected chi connectivity index (χ4v) is 5.65. The molecule has 8 heteroatoms. The maximum atomic E-state index is 13.0. The van der Waals surface area contributed by atoms with Gasteiger partial charge in [0.05, 0.1) is 29.7 Å². The van der Waals surface area contributed by atoms with Crippen molar-refractivity contribution in [2.45, 2.75) is 26.2 Å². The molecule has 2 aromatic rings. The number of carbonyl (C=O) groups excluding carboxylic acids is 4. The van der Waals surface area contributed by atoms with E-state index in [9.17, 15) is 19.2 Å². The van der Waals surface area contributed by atoms with E-state index in [0.29, 0.717) is 35.6 Å². The Labute approximate surface area is 197 Å². The lowest BCUT2D eigenvalue weighted by Crippen LogP contribution is -2.32. The number of fused-ring (bicyclic) bond motifs is 5. The van der Waals surface area contributed by atoms with Gasteiger partial charge in [0, 0.05) is 5.69 Å². The number of nitrogens with one attached hydrogen (secondary N) is 1. The van der Waals surface area contributed by atoms with Gasteiger partial charge in [0.1, 0.15) is 5.75 Å². The molecule has 2 bridgehead atoms. The van der Waals surface area contributed by atoms with Crippen LogP contribution in [0, 0.1) is 23.7 Å². The molecule has 1 N–H and O–H groups in total. The van der Waals surface area contributed by atoms with Crippen molar-refractivity contribution in [1.29, 1.82) is 0 Å². The average molecular weight is 463 g/mol. The second-order valence-corrected chi connectivity index (χ2v) is 9.03. The highest BCUT2D eigenvalue weighted by molar-refractivity contribution is 6.22. The third-order valence-corrected chi connectivity index (χ3v) is 7.05. The number of benzene rings is 2. The Morgan fingerprint density at radius 2 is 1.68 bits per heavy atom. The number of rotatable bonds is 7. The van der Waals surface area contributed by atoms with Gasteiger partial charge in [-0.3, -0.25) is 19.3 Å². The summed E-state index contributed by atoms with van der Waals surface area (Å²) >= 11 is 0. The SMILES string of the molecule is CCOc1ccc(NC(=O)COC(=O)c2cccc(N3C(=O)[C@@H]4[C@H]5CC[C@@H](C5)[C@H]4C3=O)c2)cc1. The molecule has 0 unspecified atom stereocenters. The Bertz CT molecular complexity index is 1120. The van der Waals surface area contributed by atoms with Gasteiger partial charge in [0.15, 0.2) is 6.61 Å². The smallest absolute Gasteiger partial charge is 0.338 e. The standard InChI is InChI=1S/C26H26N2O6/c1-2-33-20-10-8-18(9-11-20)27-21(29)14-34-26(32)17-4-3-5-19(13-17)28-24(30)22-15-6-7-16(12-15)23(22)25(28)31/h3-5,8-11,13,15-16,22-23H,2,6-7,12,14H2,1H3,(H,27,29)/t15-,16-,22+,23+/m0/s1. The fourth-order valence-electron chi connectivity index (χ4n) is 5.65. The summed E-state index contributed by atoms with van der Waals surface area (Å²) in [7, 11) is 0. The molecule has 5 rings (SSSR count). The van der Waals surface area contributed by atoms with Crippen LogP contribution in [0.4, 0.5) is 11.4 Å². The predicted molar refractivity (Wildman–Crippen MR) is 123 cm³/mol. The maximum Gasteiger partial charge on any atom is 0.338 e. The zero-order valence-electron chi connectivity index (χ0n) is 18.9. The lowest BCUT2D eigenvalue weighted by atomic mass is 9.81. The topological polar surface area (TPSA) is 102 Å². The van der Waals surface area contributed by atoms with Gasteiger partial charge in [-0.25, -0.2) is 4.79 Å². The van der Waals surface area contributed by atoms with E-state index in [1.807, 2.05) is 6.92 Å². The zero-order chi connectivity index (χ0) is 23.8. The number of hydrogen-bond acceptors (Lipinski definition) is 6. The van der Waals surface area contributed by atoms with Crippen molar-refractivity contribution < 1.29 is 28.7 Å². The van der Waals surface area contributed by atoms with E-state index in [4.69, 9.17) is 9.47 Å². The molecule has 176 valence electrons. The summed E-state index contributed by atoms with van der Waals surface area (Å²) in [6.07, 6.45) is 2.97. The first kappa shape index (κ1) is 22.1. The van der Waals surface area contributed by atoms with Crippen molar-refractivity contribution in [2.75, 3.05) is 23.4 Å². The predicted octanol–water partition coefficient (Wildman–Crippen LogP) is 3.42. The minimum absolute atomic E-state index is 0.164. The molecule has 34 heavy (non-hydrogen) atoms. The quantitative estimate of drug-likeness (QED) is 0.500. The summed E-state index contributed by atoms with van der Waals surface area (Å²) in [5.41, 5.74) is 1.10. The lowest BCUT2D eigenvalue weighted by Gasteiger charge is -2.19. The lowest BCUT2D eigenvalue weighted by molar-refractivity contribution is -0.123. The highest BCUT2D eigenvalue weighted by Crippen LogP contribution is 2.56. The van der Waals surface area contributed by atoms with Crippen molar-refractivity contribution in [3.8, 4) is 5.75 Å². The normalized spacial score (nSPS) is 24.8. The molecule has 3 aliphatic rings. The summed E-state index contributed by atoms with van der Waals surface area (Å²) in [6, 6.07) is 13.1. The minimum atomic E-state index is -0.706. The number of ether oxygens (including phenoxy) is 2. The van der Waals surface area contributed by atoms with Crippen LogP contribution in [0.2, 0.25) is 0 Å². The van der Waals surface area contributed by atoms with Crippen LogP contribution in [-0.4, -0.2) is 36.9 Å². The van der Waals surface area contributed by atoms with Gasteiger partial charge < -0.3 is 14.8 Å². The molecule has 1 saturated heterocycles. The van der Waals surface area contributed by atoms with Crippen molar-refractivity contribution in [3.05, 3.63) is 54.1 Å². The van der Waals surface area contributed by atoms with E-state index in [1.165, 1.54) is 17.0 Å². The molecule has 4 atom stereocenters. The van der Waals surface area contributed by atoms with Crippen molar-refractivity contribution in [2.24, 2.45) is 23.7 Å². The van der Waals surface area contributed by atoms with Crippen molar-refractivity contribution >= 4 is 35.1 Å². The van der Waals surface area contributed by atoms with Gasteiger partial charge in [0.2, 0.25) is 11.8 Å². The third kappa shape index (κ3) is 3.93. The van der Waals surface area contributed by atoms with E-state index in [2.05, 4.69) is 5.32 Å². The molecule has 1 aliphatic heterocycles. The largest absolute Gasteiger partial charge is 0.494 e. The molecule has 3 fully saturated rings. The third-order valence-electron chi connectivity index (χ3n) is 7.05. The highest BCUT2D eigenvalue weighted by Gasteiger charge is 2.61. The van der Waals surface area contributed by atoms with Gasteiger partial charge in [-0.1, -0.05) is 6.07 Å². The number of carbonyl (C=O) groups is 4. The summed E-state index contributed by atoms with van der Waals surface area (Å²) in [5, 5.41) is 2.65. The molecule has 2 aromatic carbocycles. The van der Waals surface area contributed by atoms with E-state index in [1.54, 1.807) is 36.4 Å². The molecule has 0 aromatic heterocycles. The van der Waals surface area contributed by atoms with E-state index in [0.717, 1.165) is 19.3 Å². The van der Waals surface area contributed by atoms with Crippen LogP contribution in [0.15, 0.2) is 48.5 Å². The Hall–Kier alpha value is -3.68. The maximum absolute atomic E-state index is 13.0. The Morgan fingerprint density at radius 3 is 2.32 bits per heavy atom. The molecular weight excluding hydrogens is 436 g/mol. The van der Waals surface area contributed by atoms with Gasteiger partial charge in [-0.05, 0) is 80.5 Å². The second-order valence-electron chi connectivity index (χ2n) is 9.03. The summed E-state index contributed by atoms with van der Waals surface area (Å²) < 4.78 is 10.5. The summed E-state index contributed by atoms with van der Waals surface area (Å²) in [6.45, 7) is 1.96. The van der Waals surface area contributed by atoms with Crippen LogP contribution >= 0.6 is 0 Å². The second kappa shape index (κ2) is 8.93. The van der Waals surface area contributed by atoms with Crippen molar-refractivity contribution in [3.63, 3.8) is 0 Å². The number of nitrogens with zero attached hydrogens (tertiary/aromatic N) is 1. The first-order chi connectivity index (χ1) is 16.5. The molecule has 3 amide bonds. The first-order valence-electron chi connectivity index (χ1n) is 11.6. The van der Waals surface area contributed by atoms with Gasteiger partial charge >= 0.3 is 5.97 Å². The highest BCUT2D eigenvalue weighted by atomic mass is 16.5. The van der Waals surface area contributed by atoms with Crippen LogP contribution in [0.25, 0.3) is 0 Å². The molecule has 2 saturated carbocycles. The fraction of sp³-hybridized carbons (Fsp3) is 0.385. The van der Waals surface area contributed by atoms with Crippen molar-refractivity contribution in [1.82, 2.24) is 0 Å². The number of hydrogen-bond donors (Lipinski definition) is 1. The average Bonchev–Trinajstić information content (AvgIpc) is 3.52. The van der Waals surface area contributed by atoms with E-state index >= 15 is 0 Å². The van der Waals surface area contributed by atoms with Gasteiger partial charge in [-0.15, -0.1) is 0 Å². The molecule has 8 nitrogen and oxygen atoms in total. The first-order valence-corrected chi connectivity index (χ1v) is 11.6. The molecular formula is C26H26N2O6. The van der Waals surface area contributed by atoms with E-state index in [-0.39, 0.29) is 29.2 Å². The molecule has 0 spiro atoms. The summed E-state index contributed by atoms with van der Waals surface area (Å²) in [4.78, 5) is 52.1. The molecule has 2 aliphatic carbocycles. The minimum Gasteiger partial charge on any atom is -0.494 e. The Morgan fingerprint density at radius 1 is 1.00 bits per heavy atom. The Balaban J connectivity index is 1.21. The van der Waals surface area contributed by atoms with Crippen LogP contribution in [0.3, 0.4) is 0 Å². The van der Waals surface area contributed by atoms with Gasteiger partial charge in [0.25, 0.3) is 5.91 Å². The zero-order valence-corrected chi connectivity index (χ0v) is 18.9. The Kier molecular flexibility index (Phi) is 5.81. The van der Waals surface area contributed by atoms with Crippen LogP contribution in [0.5, 0.6) is 5.75 Å². The number of imide groups is 1. The number of anilines is 2. The number of esters is 1. The van der Waals surface area contributed by atoms with Crippen LogP contribution in [-0.2, 0) is 19.1 Å². The summed E-state index contributed by atoms with van der Waals surface area (Å²) in [5.74, 6) is -0.703.